The summed E-state index contributed by atoms with van der Waals surface area (Å²) in [5, 5.41) is 3.02. The lowest BCUT2D eigenvalue weighted by Crippen LogP contribution is -2.21. The van der Waals surface area contributed by atoms with Gasteiger partial charge in [-0.25, -0.2) is 0 Å². The first-order chi connectivity index (χ1) is 8.18. The predicted molar refractivity (Wildman–Crippen MR) is 72.1 cm³/mol. The van der Waals surface area contributed by atoms with Gasteiger partial charge < -0.3 is 5.32 Å². The monoisotopic (exact) mass is 293 g/mol. The average Bonchev–Trinajstić information content (AvgIpc) is 2.97. The Balaban J connectivity index is 1.93. The molecule has 90 valence electrons. The van der Waals surface area contributed by atoms with Crippen molar-refractivity contribution in [1.82, 2.24) is 0 Å². The standard InChI is InChI=1S/C14H16BrNO/c1-2-3-4-9-8-14(9)11-7-10(15)5-6-12(11)16-13(14)17/h5-7,9H,2-4,8H2,1H3,(H,16,17). The second-order valence-electron chi connectivity index (χ2n) is 5.16. The fourth-order valence-corrected chi connectivity index (χ4v) is 3.45. The number of rotatable bonds is 3. The van der Waals surface area contributed by atoms with E-state index in [1.165, 1.54) is 24.8 Å². The normalized spacial score (nSPS) is 29.3. The number of amides is 1. The number of carbonyl (C=O) groups is 1. The lowest BCUT2D eigenvalue weighted by atomic mass is 9.93. The van der Waals surface area contributed by atoms with Crippen molar-refractivity contribution >= 4 is 27.5 Å². The van der Waals surface area contributed by atoms with Crippen LogP contribution >= 0.6 is 15.9 Å². The summed E-state index contributed by atoms with van der Waals surface area (Å²) >= 11 is 3.50. The molecule has 1 aliphatic carbocycles. The van der Waals surface area contributed by atoms with Crippen LogP contribution in [0.15, 0.2) is 22.7 Å². The number of carbonyl (C=O) groups excluding carboxylic acids is 1. The van der Waals surface area contributed by atoms with Crippen molar-refractivity contribution in [1.29, 1.82) is 0 Å². The first-order valence-electron chi connectivity index (χ1n) is 6.30. The summed E-state index contributed by atoms with van der Waals surface area (Å²) in [6.45, 7) is 2.20. The zero-order valence-corrected chi connectivity index (χ0v) is 11.5. The van der Waals surface area contributed by atoms with E-state index < -0.39 is 0 Å². The van der Waals surface area contributed by atoms with Crippen molar-refractivity contribution in [3.8, 4) is 0 Å². The van der Waals surface area contributed by atoms with Crippen LogP contribution in [0.2, 0.25) is 0 Å². The summed E-state index contributed by atoms with van der Waals surface area (Å²) in [5.74, 6) is 0.768. The van der Waals surface area contributed by atoms with Crippen molar-refractivity contribution in [3.05, 3.63) is 28.2 Å². The second-order valence-corrected chi connectivity index (χ2v) is 6.07. The van der Waals surface area contributed by atoms with Crippen LogP contribution in [0.1, 0.15) is 38.2 Å². The highest BCUT2D eigenvalue weighted by Crippen LogP contribution is 2.61. The molecule has 2 atom stereocenters. The van der Waals surface area contributed by atoms with Gasteiger partial charge in [0.15, 0.2) is 0 Å². The average molecular weight is 294 g/mol. The van der Waals surface area contributed by atoms with Crippen molar-refractivity contribution in [3.63, 3.8) is 0 Å². The molecule has 0 aromatic heterocycles. The lowest BCUT2D eigenvalue weighted by Gasteiger charge is -2.08. The van der Waals surface area contributed by atoms with E-state index in [2.05, 4.69) is 34.2 Å². The molecule has 2 aliphatic rings. The molecule has 2 unspecified atom stereocenters. The molecule has 17 heavy (non-hydrogen) atoms. The third kappa shape index (κ3) is 1.55. The van der Waals surface area contributed by atoms with Crippen LogP contribution in [-0.4, -0.2) is 5.91 Å². The molecule has 1 aromatic rings. The zero-order valence-electron chi connectivity index (χ0n) is 9.92. The quantitative estimate of drug-likeness (QED) is 0.901. The molecular formula is C14H16BrNO. The van der Waals surface area contributed by atoms with E-state index in [-0.39, 0.29) is 11.3 Å². The smallest absolute Gasteiger partial charge is 0.235 e. The largest absolute Gasteiger partial charge is 0.325 e. The Labute approximate surface area is 110 Å². The summed E-state index contributed by atoms with van der Waals surface area (Å²) in [6, 6.07) is 6.10. The number of hydrogen-bond donors (Lipinski definition) is 1. The van der Waals surface area contributed by atoms with E-state index >= 15 is 0 Å². The number of nitrogens with one attached hydrogen (secondary N) is 1. The molecule has 0 bridgehead atoms. The third-order valence-corrected chi connectivity index (χ3v) is 4.62. The molecule has 1 aromatic carbocycles. The molecule has 1 heterocycles. The summed E-state index contributed by atoms with van der Waals surface area (Å²) in [5.41, 5.74) is 2.03. The Morgan fingerprint density at radius 3 is 3.12 bits per heavy atom. The van der Waals surface area contributed by atoms with Crippen molar-refractivity contribution < 1.29 is 4.79 Å². The number of anilines is 1. The highest BCUT2D eigenvalue weighted by atomic mass is 79.9. The van der Waals surface area contributed by atoms with E-state index in [4.69, 9.17) is 0 Å². The molecule has 1 aliphatic heterocycles. The highest BCUT2D eigenvalue weighted by Gasteiger charge is 2.63. The molecule has 1 spiro atoms. The van der Waals surface area contributed by atoms with Crippen LogP contribution in [0.3, 0.4) is 0 Å². The van der Waals surface area contributed by atoms with Gasteiger partial charge in [0.05, 0.1) is 5.41 Å². The Hall–Kier alpha value is -0.830. The number of benzene rings is 1. The van der Waals surface area contributed by atoms with Crippen molar-refractivity contribution in [2.75, 3.05) is 5.32 Å². The van der Waals surface area contributed by atoms with Crippen LogP contribution in [0.25, 0.3) is 0 Å². The number of halogens is 1. The predicted octanol–water partition coefficient (Wildman–Crippen LogP) is 3.85. The van der Waals surface area contributed by atoms with Gasteiger partial charge in [0.2, 0.25) is 5.91 Å². The van der Waals surface area contributed by atoms with Crippen LogP contribution in [-0.2, 0) is 10.2 Å². The van der Waals surface area contributed by atoms with Gasteiger partial charge in [-0.2, -0.15) is 0 Å². The lowest BCUT2D eigenvalue weighted by molar-refractivity contribution is -0.118. The molecule has 2 nitrogen and oxygen atoms in total. The van der Waals surface area contributed by atoms with Gasteiger partial charge in [-0.05, 0) is 42.5 Å². The zero-order chi connectivity index (χ0) is 12.0. The van der Waals surface area contributed by atoms with Gasteiger partial charge in [0.1, 0.15) is 0 Å². The molecule has 0 saturated heterocycles. The third-order valence-electron chi connectivity index (χ3n) is 4.13. The maximum Gasteiger partial charge on any atom is 0.235 e. The number of unbranched alkanes of at least 4 members (excludes halogenated alkanes) is 1. The molecule has 1 amide bonds. The highest BCUT2D eigenvalue weighted by molar-refractivity contribution is 9.10. The van der Waals surface area contributed by atoms with Gasteiger partial charge >= 0.3 is 0 Å². The molecule has 1 N–H and O–H groups in total. The Kier molecular flexibility index (Phi) is 2.54. The summed E-state index contributed by atoms with van der Waals surface area (Å²) in [6.07, 6.45) is 4.64. The van der Waals surface area contributed by atoms with E-state index in [1.807, 2.05) is 12.1 Å². The van der Waals surface area contributed by atoms with Gasteiger partial charge in [-0.15, -0.1) is 0 Å². The minimum Gasteiger partial charge on any atom is -0.325 e. The van der Waals surface area contributed by atoms with Crippen molar-refractivity contribution in [2.24, 2.45) is 5.92 Å². The Morgan fingerprint density at radius 2 is 2.35 bits per heavy atom. The van der Waals surface area contributed by atoms with Crippen molar-refractivity contribution in [2.45, 2.75) is 38.0 Å². The molecule has 1 saturated carbocycles. The summed E-state index contributed by atoms with van der Waals surface area (Å²) < 4.78 is 1.06. The van der Waals surface area contributed by atoms with E-state index in [9.17, 15) is 4.79 Å². The minimum atomic E-state index is -0.186. The van der Waals surface area contributed by atoms with Crippen LogP contribution in [0.4, 0.5) is 5.69 Å². The number of hydrogen-bond acceptors (Lipinski definition) is 1. The fraction of sp³-hybridized carbons (Fsp3) is 0.500. The molecule has 3 heteroatoms. The SMILES string of the molecule is CCCCC1CC12C(=O)Nc1ccc(Br)cc12. The minimum absolute atomic E-state index is 0.186. The first-order valence-corrected chi connectivity index (χ1v) is 7.09. The summed E-state index contributed by atoms with van der Waals surface area (Å²) in [7, 11) is 0. The van der Waals surface area contributed by atoms with Gasteiger partial charge in [0, 0.05) is 10.2 Å². The molecular weight excluding hydrogens is 278 g/mol. The summed E-state index contributed by atoms with van der Waals surface area (Å²) in [4.78, 5) is 12.2. The van der Waals surface area contributed by atoms with E-state index in [0.29, 0.717) is 5.92 Å². The molecule has 1 fully saturated rings. The molecule has 3 rings (SSSR count). The Morgan fingerprint density at radius 1 is 1.53 bits per heavy atom. The van der Waals surface area contributed by atoms with Crippen LogP contribution < -0.4 is 5.32 Å². The molecule has 0 radical (unpaired) electrons. The topological polar surface area (TPSA) is 29.1 Å². The van der Waals surface area contributed by atoms with E-state index in [0.717, 1.165) is 16.6 Å². The van der Waals surface area contributed by atoms with Gasteiger partial charge in [-0.1, -0.05) is 35.7 Å². The van der Waals surface area contributed by atoms with Crippen LogP contribution in [0.5, 0.6) is 0 Å². The van der Waals surface area contributed by atoms with Crippen LogP contribution in [0, 0.1) is 5.92 Å². The maximum atomic E-state index is 12.2. The fourth-order valence-electron chi connectivity index (χ4n) is 3.09. The second kappa shape index (κ2) is 3.84. The van der Waals surface area contributed by atoms with Gasteiger partial charge in [0.25, 0.3) is 0 Å². The van der Waals surface area contributed by atoms with E-state index in [1.54, 1.807) is 0 Å². The Bertz CT molecular complexity index is 485. The first kappa shape index (κ1) is 11.3. The number of fused-ring (bicyclic) bond motifs is 2. The van der Waals surface area contributed by atoms with Gasteiger partial charge in [-0.3, -0.25) is 4.79 Å². The maximum absolute atomic E-state index is 12.2.